The molecule has 4 rings (SSSR count). The van der Waals surface area contributed by atoms with E-state index in [1.165, 1.54) is 24.9 Å². The standard InChI is InChI=1S/C26H35N6O11P/c1-4-39-18(33)10-11-29-44(37,42-14-19(34)40-12-16-8-6-5-7-9-16)41-13-17-21(35)26(2,36)24(43-17)32-15-28-20-22(32)30-25(27)31-23(20)38-3/h5-9,15,17,21,24,35-36H,4,10-14H2,1-3H3,(H,29,37)(H2,27,30,31)/t17-,21-,24-,26-,44?/m1/s1. The van der Waals surface area contributed by atoms with Crippen LogP contribution < -0.4 is 15.6 Å². The Labute approximate surface area is 252 Å². The number of nitrogens with zero attached hydrogens (tertiary/aromatic N) is 4. The van der Waals surface area contributed by atoms with Gasteiger partial charge in [-0.15, -0.1) is 0 Å². The number of hydrogen-bond donors (Lipinski definition) is 4. The van der Waals surface area contributed by atoms with Crippen LogP contribution in [0.15, 0.2) is 36.7 Å². The van der Waals surface area contributed by atoms with E-state index >= 15 is 0 Å². The number of nitrogen functional groups attached to an aromatic ring is 1. The van der Waals surface area contributed by atoms with E-state index in [9.17, 15) is 24.4 Å². The molecule has 0 spiro atoms. The minimum absolute atomic E-state index is 0.0333. The number of fused-ring (bicyclic) bond motifs is 1. The van der Waals surface area contributed by atoms with Crippen LogP contribution in [0.5, 0.6) is 5.88 Å². The zero-order chi connectivity index (χ0) is 31.9. The van der Waals surface area contributed by atoms with Crippen LogP contribution in [0.2, 0.25) is 0 Å². The highest BCUT2D eigenvalue weighted by molar-refractivity contribution is 7.51. The van der Waals surface area contributed by atoms with Crippen molar-refractivity contribution in [2.24, 2.45) is 0 Å². The first-order chi connectivity index (χ1) is 21.0. The molecule has 44 heavy (non-hydrogen) atoms. The minimum atomic E-state index is -4.31. The largest absolute Gasteiger partial charge is 0.479 e. The van der Waals surface area contributed by atoms with Gasteiger partial charge in [0.15, 0.2) is 24.0 Å². The van der Waals surface area contributed by atoms with Gasteiger partial charge in [0.05, 0.1) is 33.1 Å². The number of nitrogens with one attached hydrogen (secondary N) is 1. The Balaban J connectivity index is 1.44. The van der Waals surface area contributed by atoms with Gasteiger partial charge in [0.1, 0.15) is 24.4 Å². The number of esters is 2. The van der Waals surface area contributed by atoms with Crippen molar-refractivity contribution < 1.29 is 52.4 Å². The highest BCUT2D eigenvalue weighted by Crippen LogP contribution is 2.46. The molecule has 3 heterocycles. The lowest BCUT2D eigenvalue weighted by Gasteiger charge is -2.27. The van der Waals surface area contributed by atoms with Crippen molar-refractivity contribution in [3.63, 3.8) is 0 Å². The van der Waals surface area contributed by atoms with E-state index in [0.29, 0.717) is 0 Å². The topological polar surface area (TPSA) is 229 Å². The number of imidazole rings is 1. The van der Waals surface area contributed by atoms with Gasteiger partial charge in [-0.3, -0.25) is 18.4 Å². The molecule has 0 radical (unpaired) electrons. The number of rotatable bonds is 15. The fourth-order valence-corrected chi connectivity index (χ4v) is 5.61. The Morgan fingerprint density at radius 3 is 2.64 bits per heavy atom. The third kappa shape index (κ3) is 7.87. The molecule has 2 aromatic heterocycles. The fourth-order valence-electron chi connectivity index (χ4n) is 4.34. The van der Waals surface area contributed by atoms with Crippen molar-refractivity contribution in [1.29, 1.82) is 0 Å². The van der Waals surface area contributed by atoms with E-state index in [4.69, 9.17) is 33.7 Å². The molecule has 0 bridgehead atoms. The van der Waals surface area contributed by atoms with Crippen LogP contribution in [0, 0.1) is 0 Å². The number of aromatic nitrogens is 4. The normalized spacial score (nSPS) is 22.9. The molecule has 0 amide bonds. The van der Waals surface area contributed by atoms with Gasteiger partial charge in [-0.25, -0.2) is 19.4 Å². The van der Waals surface area contributed by atoms with Gasteiger partial charge in [-0.2, -0.15) is 9.97 Å². The molecule has 0 saturated carbocycles. The van der Waals surface area contributed by atoms with E-state index in [1.54, 1.807) is 31.2 Å². The maximum absolute atomic E-state index is 13.6. The maximum Gasteiger partial charge on any atom is 0.406 e. The molecule has 240 valence electrons. The van der Waals surface area contributed by atoms with Crippen molar-refractivity contribution in [2.45, 2.75) is 50.9 Å². The van der Waals surface area contributed by atoms with Gasteiger partial charge < -0.3 is 34.9 Å². The highest BCUT2D eigenvalue weighted by Gasteiger charge is 2.54. The quantitative estimate of drug-likeness (QED) is 0.134. The summed E-state index contributed by atoms with van der Waals surface area (Å²) in [5.74, 6) is -1.41. The lowest BCUT2D eigenvalue weighted by Crippen LogP contribution is -2.44. The number of ether oxygens (including phenoxy) is 4. The van der Waals surface area contributed by atoms with Crippen LogP contribution in [-0.4, -0.2) is 93.0 Å². The summed E-state index contributed by atoms with van der Waals surface area (Å²) in [6.07, 6.45) is -2.93. The van der Waals surface area contributed by atoms with Gasteiger partial charge >= 0.3 is 19.7 Å². The van der Waals surface area contributed by atoms with Crippen LogP contribution in [-0.2, 0) is 44.0 Å². The summed E-state index contributed by atoms with van der Waals surface area (Å²) in [5, 5.41) is 24.7. The molecule has 1 aromatic carbocycles. The SMILES string of the molecule is CCOC(=O)CCNP(=O)(OCC(=O)OCc1ccccc1)OC[C@H]1O[C@@H](n2cnc3c(OC)nc(N)nc32)[C@](C)(O)[C@@H]1O. The number of hydrogen-bond acceptors (Lipinski definition) is 15. The summed E-state index contributed by atoms with van der Waals surface area (Å²) in [6, 6.07) is 8.91. The van der Waals surface area contributed by atoms with Crippen LogP contribution >= 0.6 is 7.75 Å². The second-order valence-corrected chi connectivity index (χ2v) is 11.6. The zero-order valence-electron chi connectivity index (χ0n) is 24.3. The molecule has 17 nitrogen and oxygen atoms in total. The van der Waals surface area contributed by atoms with Gasteiger partial charge in [-0.1, -0.05) is 30.3 Å². The zero-order valence-corrected chi connectivity index (χ0v) is 25.2. The predicted molar refractivity (Wildman–Crippen MR) is 152 cm³/mol. The first-order valence-electron chi connectivity index (χ1n) is 13.6. The van der Waals surface area contributed by atoms with E-state index in [1.807, 2.05) is 6.07 Å². The highest BCUT2D eigenvalue weighted by atomic mass is 31.2. The number of benzene rings is 1. The fraction of sp³-hybridized carbons (Fsp3) is 0.500. The third-order valence-electron chi connectivity index (χ3n) is 6.55. The summed E-state index contributed by atoms with van der Waals surface area (Å²) < 4.78 is 46.9. The van der Waals surface area contributed by atoms with Gasteiger partial charge in [0.2, 0.25) is 11.8 Å². The van der Waals surface area contributed by atoms with Gasteiger partial charge in [0.25, 0.3) is 0 Å². The van der Waals surface area contributed by atoms with Gasteiger partial charge in [0, 0.05) is 6.54 Å². The second kappa shape index (κ2) is 14.4. The smallest absolute Gasteiger partial charge is 0.406 e. The summed E-state index contributed by atoms with van der Waals surface area (Å²) in [6.45, 7) is 1.59. The molecular weight excluding hydrogens is 603 g/mol. The monoisotopic (exact) mass is 638 g/mol. The van der Waals surface area contributed by atoms with Crippen molar-refractivity contribution in [3.05, 3.63) is 42.2 Å². The van der Waals surface area contributed by atoms with E-state index in [0.717, 1.165) is 5.56 Å². The molecule has 1 unspecified atom stereocenters. The first-order valence-corrected chi connectivity index (χ1v) is 15.1. The van der Waals surface area contributed by atoms with Gasteiger partial charge in [-0.05, 0) is 19.4 Å². The molecule has 1 aliphatic rings. The molecular formula is C26H35N6O11P. The van der Waals surface area contributed by atoms with E-state index in [2.05, 4.69) is 20.0 Å². The Morgan fingerprint density at radius 2 is 1.93 bits per heavy atom. The van der Waals surface area contributed by atoms with Crippen LogP contribution in [0.4, 0.5) is 5.95 Å². The summed E-state index contributed by atoms with van der Waals surface area (Å²) >= 11 is 0. The van der Waals surface area contributed by atoms with Crippen molar-refractivity contribution in [3.8, 4) is 5.88 Å². The predicted octanol–water partition coefficient (Wildman–Crippen LogP) is 0.854. The Morgan fingerprint density at radius 1 is 1.18 bits per heavy atom. The lowest BCUT2D eigenvalue weighted by molar-refractivity contribution is -0.148. The average Bonchev–Trinajstić information content (AvgIpc) is 3.51. The number of aliphatic hydroxyl groups is 2. The Bertz CT molecular complexity index is 1490. The molecule has 0 aliphatic carbocycles. The lowest BCUT2D eigenvalue weighted by atomic mass is 9.96. The average molecular weight is 639 g/mol. The minimum Gasteiger partial charge on any atom is -0.479 e. The molecule has 3 aromatic rings. The molecule has 18 heteroatoms. The number of methoxy groups -OCH3 is 1. The van der Waals surface area contributed by atoms with Crippen LogP contribution in [0.25, 0.3) is 11.2 Å². The Hall–Kier alpha value is -3.70. The summed E-state index contributed by atoms with van der Waals surface area (Å²) in [7, 11) is -2.93. The van der Waals surface area contributed by atoms with Crippen molar-refractivity contribution in [2.75, 3.05) is 39.2 Å². The van der Waals surface area contributed by atoms with Crippen molar-refractivity contribution in [1.82, 2.24) is 24.6 Å². The number of carbonyl (C=O) groups is 2. The first kappa shape index (κ1) is 33.2. The molecule has 5 atom stereocenters. The number of aliphatic hydroxyl groups excluding tert-OH is 1. The maximum atomic E-state index is 13.6. The molecule has 1 saturated heterocycles. The van der Waals surface area contributed by atoms with E-state index < -0.39 is 56.9 Å². The number of nitrogens with two attached hydrogens (primary N) is 1. The van der Waals surface area contributed by atoms with Crippen LogP contribution in [0.1, 0.15) is 32.1 Å². The Kier molecular flexibility index (Phi) is 10.9. The second-order valence-electron chi connectivity index (χ2n) is 9.79. The van der Waals surface area contributed by atoms with E-state index in [-0.39, 0.29) is 49.2 Å². The van der Waals surface area contributed by atoms with Crippen molar-refractivity contribution >= 4 is 36.8 Å². The number of anilines is 1. The number of carbonyl (C=O) groups excluding carboxylic acids is 2. The molecule has 1 fully saturated rings. The molecule has 1 aliphatic heterocycles. The summed E-state index contributed by atoms with van der Waals surface area (Å²) in [4.78, 5) is 36.4. The van der Waals surface area contributed by atoms with Crippen LogP contribution in [0.3, 0.4) is 0 Å². The summed E-state index contributed by atoms with van der Waals surface area (Å²) in [5.41, 5.74) is 5.00. The third-order valence-corrected chi connectivity index (χ3v) is 8.12. The molecule has 5 N–H and O–H groups in total.